The summed E-state index contributed by atoms with van der Waals surface area (Å²) in [5, 5.41) is 0.319. The van der Waals surface area contributed by atoms with Crippen LogP contribution in [-0.4, -0.2) is 30.0 Å². The SMILES string of the molecule is C=C1[C@H](N)C(=O)N1OS(=O)(=O)O. The van der Waals surface area contributed by atoms with Gasteiger partial charge in [-0.1, -0.05) is 6.58 Å². The van der Waals surface area contributed by atoms with Gasteiger partial charge in [-0.2, -0.15) is 13.5 Å². The van der Waals surface area contributed by atoms with Crippen LogP contribution in [-0.2, 0) is 19.5 Å². The number of carbonyl (C=O) groups is 1. The zero-order valence-electron chi connectivity index (χ0n) is 5.80. The van der Waals surface area contributed by atoms with E-state index in [1.54, 1.807) is 0 Å². The second kappa shape index (κ2) is 2.52. The minimum Gasteiger partial charge on any atom is -0.315 e. The maximum atomic E-state index is 10.7. The lowest BCUT2D eigenvalue weighted by atomic mass is 10.1. The van der Waals surface area contributed by atoms with Crippen LogP contribution in [0.5, 0.6) is 0 Å². The van der Waals surface area contributed by atoms with E-state index in [-0.39, 0.29) is 5.70 Å². The molecule has 12 heavy (non-hydrogen) atoms. The van der Waals surface area contributed by atoms with Gasteiger partial charge in [0.15, 0.2) is 0 Å². The van der Waals surface area contributed by atoms with Crippen molar-refractivity contribution >= 4 is 16.3 Å². The van der Waals surface area contributed by atoms with Crippen molar-refractivity contribution in [3.05, 3.63) is 12.3 Å². The van der Waals surface area contributed by atoms with Crippen LogP contribution >= 0.6 is 0 Å². The molecule has 0 spiro atoms. The van der Waals surface area contributed by atoms with E-state index in [1.807, 2.05) is 0 Å². The van der Waals surface area contributed by atoms with Crippen molar-refractivity contribution in [1.29, 1.82) is 0 Å². The van der Waals surface area contributed by atoms with Gasteiger partial charge in [-0.3, -0.25) is 9.35 Å². The summed E-state index contributed by atoms with van der Waals surface area (Å²) in [5.41, 5.74) is 5.11. The summed E-state index contributed by atoms with van der Waals surface area (Å²) in [4.78, 5) is 10.7. The van der Waals surface area contributed by atoms with Gasteiger partial charge in [-0.15, -0.1) is 4.28 Å². The molecule has 1 rings (SSSR count). The van der Waals surface area contributed by atoms with Gasteiger partial charge in [0, 0.05) is 0 Å². The first-order valence-electron chi connectivity index (χ1n) is 2.78. The zero-order valence-corrected chi connectivity index (χ0v) is 6.61. The first-order chi connectivity index (χ1) is 5.33. The number of nitrogens with zero attached hydrogens (tertiary/aromatic N) is 1. The van der Waals surface area contributed by atoms with Crippen molar-refractivity contribution in [3.63, 3.8) is 0 Å². The molecule has 1 atom stereocenters. The highest BCUT2D eigenvalue weighted by molar-refractivity contribution is 7.80. The van der Waals surface area contributed by atoms with Gasteiger partial charge in [0.2, 0.25) is 0 Å². The maximum absolute atomic E-state index is 10.7. The maximum Gasteiger partial charge on any atom is 0.418 e. The Hall–Kier alpha value is -0.960. The minimum absolute atomic E-state index is 0.0161. The molecule has 1 aliphatic rings. The number of hydrogen-bond acceptors (Lipinski definition) is 5. The van der Waals surface area contributed by atoms with Crippen LogP contribution in [0.1, 0.15) is 0 Å². The number of β-lactam (4-membered cyclic amide) rings is 1. The van der Waals surface area contributed by atoms with Gasteiger partial charge in [0.05, 0.1) is 5.70 Å². The molecule has 0 aliphatic carbocycles. The fourth-order valence-corrected chi connectivity index (χ4v) is 1.01. The molecule has 1 fully saturated rings. The largest absolute Gasteiger partial charge is 0.418 e. The van der Waals surface area contributed by atoms with Crippen LogP contribution in [0.15, 0.2) is 12.3 Å². The molecule has 0 unspecified atom stereocenters. The minimum atomic E-state index is -4.68. The Bertz CT molecular complexity index is 317. The Morgan fingerprint density at radius 2 is 2.17 bits per heavy atom. The van der Waals surface area contributed by atoms with Crippen molar-refractivity contribution in [2.45, 2.75) is 6.04 Å². The van der Waals surface area contributed by atoms with Crippen molar-refractivity contribution in [3.8, 4) is 0 Å². The highest BCUT2D eigenvalue weighted by atomic mass is 32.3. The normalized spacial score (nSPS) is 24.2. The molecule has 0 aromatic rings. The summed E-state index contributed by atoms with van der Waals surface area (Å²) in [6.45, 7) is 3.24. The first kappa shape index (κ1) is 9.13. The van der Waals surface area contributed by atoms with Crippen molar-refractivity contribution in [1.82, 2.24) is 5.06 Å². The smallest absolute Gasteiger partial charge is 0.315 e. The van der Waals surface area contributed by atoms with E-state index in [4.69, 9.17) is 10.3 Å². The van der Waals surface area contributed by atoms with Crippen LogP contribution in [0.2, 0.25) is 0 Å². The molecule has 0 saturated carbocycles. The van der Waals surface area contributed by atoms with E-state index >= 15 is 0 Å². The van der Waals surface area contributed by atoms with E-state index in [1.165, 1.54) is 0 Å². The summed E-state index contributed by atoms with van der Waals surface area (Å²) in [5.74, 6) is -0.766. The monoisotopic (exact) mass is 194 g/mol. The Labute approximate surface area is 68.3 Å². The summed E-state index contributed by atoms with van der Waals surface area (Å²) < 4.78 is 32.1. The van der Waals surface area contributed by atoms with Gasteiger partial charge >= 0.3 is 10.4 Å². The Morgan fingerprint density at radius 1 is 1.67 bits per heavy atom. The molecule has 8 heteroatoms. The summed E-state index contributed by atoms with van der Waals surface area (Å²) in [6, 6.07) is -0.952. The molecule has 68 valence electrons. The third-order valence-electron chi connectivity index (χ3n) is 1.25. The lowest BCUT2D eigenvalue weighted by molar-refractivity contribution is -0.165. The molecule has 7 nitrogen and oxygen atoms in total. The summed E-state index contributed by atoms with van der Waals surface area (Å²) >= 11 is 0. The fourth-order valence-electron chi connectivity index (χ4n) is 0.649. The number of amides is 1. The van der Waals surface area contributed by atoms with Crippen LogP contribution in [0.3, 0.4) is 0 Å². The van der Waals surface area contributed by atoms with E-state index in [0.29, 0.717) is 5.06 Å². The van der Waals surface area contributed by atoms with Crippen molar-refractivity contribution in [2.24, 2.45) is 5.73 Å². The highest BCUT2D eigenvalue weighted by Crippen LogP contribution is 2.21. The first-order valence-corrected chi connectivity index (χ1v) is 4.15. The van der Waals surface area contributed by atoms with Gasteiger partial charge in [0.25, 0.3) is 5.91 Å². The molecule has 0 bridgehead atoms. The molecular weight excluding hydrogens is 188 g/mol. The topological polar surface area (TPSA) is 110 Å². The molecule has 0 aromatic carbocycles. The second-order valence-corrected chi connectivity index (χ2v) is 3.11. The van der Waals surface area contributed by atoms with E-state index in [9.17, 15) is 13.2 Å². The summed E-state index contributed by atoms with van der Waals surface area (Å²) in [6.07, 6.45) is 0. The molecule has 3 N–H and O–H groups in total. The molecule has 1 aliphatic heterocycles. The third kappa shape index (κ3) is 1.46. The number of rotatable bonds is 2. The quantitative estimate of drug-likeness (QED) is 0.405. The second-order valence-electron chi connectivity index (χ2n) is 2.10. The van der Waals surface area contributed by atoms with Crippen LogP contribution in [0, 0.1) is 0 Å². The highest BCUT2D eigenvalue weighted by Gasteiger charge is 2.42. The zero-order chi connectivity index (χ0) is 9.52. The Morgan fingerprint density at radius 3 is 2.50 bits per heavy atom. The molecule has 0 radical (unpaired) electrons. The molecule has 1 saturated heterocycles. The fraction of sp³-hybridized carbons (Fsp3) is 0.250. The molecule has 1 heterocycles. The van der Waals surface area contributed by atoms with Gasteiger partial charge in [-0.05, 0) is 0 Å². The van der Waals surface area contributed by atoms with E-state index < -0.39 is 22.3 Å². The standard InChI is InChI=1S/C4H6N2O5S/c1-2-3(5)4(7)6(2)11-12(8,9)10/h3H,1,5H2,(H,8,9,10)/t3-/m0/s1. The Kier molecular flexibility index (Phi) is 1.92. The number of hydrogen-bond donors (Lipinski definition) is 2. The predicted octanol–water partition coefficient (Wildman–Crippen LogP) is -1.60. The number of hydroxylamine groups is 2. The summed E-state index contributed by atoms with van der Waals surface area (Å²) in [7, 11) is -4.68. The van der Waals surface area contributed by atoms with E-state index in [0.717, 1.165) is 0 Å². The molecule has 0 aromatic heterocycles. The average molecular weight is 194 g/mol. The van der Waals surface area contributed by atoms with Crippen LogP contribution < -0.4 is 5.73 Å². The van der Waals surface area contributed by atoms with Gasteiger partial charge in [0.1, 0.15) is 6.04 Å². The van der Waals surface area contributed by atoms with E-state index in [2.05, 4.69) is 10.9 Å². The number of carbonyl (C=O) groups excluding carboxylic acids is 1. The number of nitrogens with two attached hydrogens (primary N) is 1. The van der Waals surface area contributed by atoms with Gasteiger partial charge in [-0.25, -0.2) is 0 Å². The molecule has 1 amide bonds. The molecular formula is C4H6N2O5S. The third-order valence-corrected chi connectivity index (χ3v) is 1.59. The average Bonchev–Trinajstić information content (AvgIpc) is 1.96. The van der Waals surface area contributed by atoms with Gasteiger partial charge < -0.3 is 5.73 Å². The van der Waals surface area contributed by atoms with Crippen LogP contribution in [0.25, 0.3) is 0 Å². The predicted molar refractivity (Wildman–Crippen MR) is 36.6 cm³/mol. The lowest BCUT2D eigenvalue weighted by Crippen LogP contribution is -2.58. The van der Waals surface area contributed by atoms with Crippen LogP contribution in [0.4, 0.5) is 0 Å². The van der Waals surface area contributed by atoms with Crippen molar-refractivity contribution < 1.29 is 22.0 Å². The Balaban J connectivity index is 2.70. The van der Waals surface area contributed by atoms with Crippen molar-refractivity contribution in [2.75, 3.05) is 0 Å². The lowest BCUT2D eigenvalue weighted by Gasteiger charge is -2.34.